The minimum Gasteiger partial charge on any atom is -0.497 e. The predicted molar refractivity (Wildman–Crippen MR) is 107 cm³/mol. The Balaban J connectivity index is 1.20. The fraction of sp³-hybridized carbons (Fsp3) is 0.652. The maximum Gasteiger partial charge on any atom is 0.251 e. The van der Waals surface area contributed by atoms with Gasteiger partial charge in [0.05, 0.1) is 25.3 Å². The first kappa shape index (κ1) is 18.2. The second-order valence-electron chi connectivity index (χ2n) is 9.64. The smallest absolute Gasteiger partial charge is 0.251 e. The Morgan fingerprint density at radius 1 is 1.04 bits per heavy atom. The first-order valence-electron chi connectivity index (χ1n) is 10.8. The first-order valence-corrected chi connectivity index (χ1v) is 10.8. The first-order chi connectivity index (χ1) is 13.5. The highest BCUT2D eigenvalue weighted by Gasteiger charge is 2.50. The van der Waals surface area contributed by atoms with Crippen molar-refractivity contribution in [3.05, 3.63) is 24.3 Å². The lowest BCUT2D eigenvalue weighted by Crippen LogP contribution is -2.48. The quantitative estimate of drug-likeness (QED) is 0.765. The van der Waals surface area contributed by atoms with Gasteiger partial charge in [0.15, 0.2) is 0 Å². The van der Waals surface area contributed by atoms with Crippen molar-refractivity contribution in [3.8, 4) is 5.75 Å². The lowest BCUT2D eigenvalue weighted by molar-refractivity contribution is -0.121. The molecular weight excluding hydrogens is 352 g/mol. The van der Waals surface area contributed by atoms with E-state index in [0.29, 0.717) is 16.9 Å². The standard InChI is InChI=1S/C23H30N2O3/c1-28-19-4-2-18(3-5-19)25-21(26)11-20(22(25)27)24-7-6-23-12-15-8-16(13-23)10-17(9-15)14-23/h2-5,15-17,20,24H,6-14H2,1H3. The summed E-state index contributed by atoms with van der Waals surface area (Å²) in [5.74, 6) is 3.32. The van der Waals surface area contributed by atoms with Gasteiger partial charge in [-0.2, -0.15) is 0 Å². The number of benzene rings is 1. The Bertz CT molecular complexity index is 737. The molecular formula is C23H30N2O3. The van der Waals surface area contributed by atoms with Crippen LogP contribution in [0.5, 0.6) is 5.75 Å². The number of hydrogen-bond acceptors (Lipinski definition) is 4. The minimum absolute atomic E-state index is 0.123. The van der Waals surface area contributed by atoms with Crippen LogP contribution in [0.15, 0.2) is 24.3 Å². The zero-order valence-corrected chi connectivity index (χ0v) is 16.7. The molecule has 1 aliphatic heterocycles. The Morgan fingerprint density at radius 3 is 2.21 bits per heavy atom. The van der Waals surface area contributed by atoms with Gasteiger partial charge in [-0.1, -0.05) is 0 Å². The van der Waals surface area contributed by atoms with Crippen molar-refractivity contribution >= 4 is 17.5 Å². The van der Waals surface area contributed by atoms with E-state index >= 15 is 0 Å². The number of hydrogen-bond donors (Lipinski definition) is 1. The number of anilines is 1. The number of carbonyl (C=O) groups is 2. The third-order valence-electron chi connectivity index (χ3n) is 7.69. The summed E-state index contributed by atoms with van der Waals surface area (Å²) in [5.41, 5.74) is 1.13. The summed E-state index contributed by atoms with van der Waals surface area (Å²) in [5, 5.41) is 3.42. The van der Waals surface area contributed by atoms with Crippen LogP contribution in [0.2, 0.25) is 0 Å². The number of nitrogens with one attached hydrogen (secondary N) is 1. The lowest BCUT2D eigenvalue weighted by Gasteiger charge is -2.57. The Kier molecular flexibility index (Phi) is 4.46. The summed E-state index contributed by atoms with van der Waals surface area (Å²) < 4.78 is 5.16. The van der Waals surface area contributed by atoms with Crippen LogP contribution in [0.25, 0.3) is 0 Å². The van der Waals surface area contributed by atoms with Gasteiger partial charge in [-0.05, 0) is 98.9 Å². The molecule has 0 radical (unpaired) electrons. The molecule has 28 heavy (non-hydrogen) atoms. The topological polar surface area (TPSA) is 58.6 Å². The van der Waals surface area contributed by atoms with E-state index in [1.54, 1.807) is 31.4 Å². The van der Waals surface area contributed by atoms with E-state index in [4.69, 9.17) is 4.74 Å². The van der Waals surface area contributed by atoms with Crippen molar-refractivity contribution in [3.63, 3.8) is 0 Å². The van der Waals surface area contributed by atoms with E-state index in [1.807, 2.05) is 0 Å². The molecule has 1 N–H and O–H groups in total. The van der Waals surface area contributed by atoms with Gasteiger partial charge >= 0.3 is 0 Å². The van der Waals surface area contributed by atoms with Crippen LogP contribution in [-0.4, -0.2) is 31.5 Å². The van der Waals surface area contributed by atoms with Crippen LogP contribution in [0.3, 0.4) is 0 Å². The molecule has 5 fully saturated rings. The molecule has 0 aromatic heterocycles. The second kappa shape index (κ2) is 6.87. The molecule has 0 spiro atoms. The molecule has 150 valence electrons. The Morgan fingerprint density at radius 2 is 1.64 bits per heavy atom. The van der Waals surface area contributed by atoms with E-state index in [-0.39, 0.29) is 24.3 Å². The summed E-state index contributed by atoms with van der Waals surface area (Å²) in [7, 11) is 1.60. The number of nitrogens with zero attached hydrogens (tertiary/aromatic N) is 1. The van der Waals surface area contributed by atoms with E-state index in [2.05, 4.69) is 5.32 Å². The third-order valence-corrected chi connectivity index (χ3v) is 7.69. The molecule has 5 aliphatic rings. The molecule has 1 heterocycles. The normalized spacial score (nSPS) is 36.4. The van der Waals surface area contributed by atoms with Gasteiger partial charge in [0.1, 0.15) is 5.75 Å². The van der Waals surface area contributed by atoms with Gasteiger partial charge < -0.3 is 10.1 Å². The van der Waals surface area contributed by atoms with E-state index in [1.165, 1.54) is 43.4 Å². The average Bonchev–Trinajstić information content (AvgIpc) is 2.94. The van der Waals surface area contributed by atoms with Crippen molar-refractivity contribution in [1.82, 2.24) is 5.32 Å². The molecule has 1 aromatic rings. The van der Waals surface area contributed by atoms with Crippen molar-refractivity contribution < 1.29 is 14.3 Å². The van der Waals surface area contributed by atoms with Gasteiger partial charge in [-0.15, -0.1) is 0 Å². The molecule has 4 saturated carbocycles. The summed E-state index contributed by atoms with van der Waals surface area (Å²) in [4.78, 5) is 26.6. The molecule has 1 atom stereocenters. The van der Waals surface area contributed by atoms with Gasteiger partial charge in [-0.25, -0.2) is 4.90 Å². The number of carbonyl (C=O) groups excluding carboxylic acids is 2. The molecule has 2 amide bonds. The zero-order chi connectivity index (χ0) is 19.3. The van der Waals surface area contributed by atoms with E-state index in [9.17, 15) is 9.59 Å². The molecule has 4 bridgehead atoms. The van der Waals surface area contributed by atoms with Crippen molar-refractivity contribution in [2.24, 2.45) is 23.2 Å². The monoisotopic (exact) mass is 382 g/mol. The van der Waals surface area contributed by atoms with Crippen LogP contribution in [0.1, 0.15) is 51.4 Å². The second-order valence-corrected chi connectivity index (χ2v) is 9.64. The largest absolute Gasteiger partial charge is 0.497 e. The van der Waals surface area contributed by atoms with Gasteiger partial charge in [0.2, 0.25) is 5.91 Å². The summed E-state index contributed by atoms with van der Waals surface area (Å²) in [6.45, 7) is 0.840. The van der Waals surface area contributed by atoms with E-state index in [0.717, 1.165) is 30.7 Å². The number of amides is 2. The van der Waals surface area contributed by atoms with Crippen LogP contribution in [0, 0.1) is 23.2 Å². The van der Waals surface area contributed by atoms with Crippen molar-refractivity contribution in [2.75, 3.05) is 18.6 Å². The maximum atomic E-state index is 12.8. The molecule has 5 nitrogen and oxygen atoms in total. The van der Waals surface area contributed by atoms with Crippen molar-refractivity contribution in [2.45, 2.75) is 57.4 Å². The lowest BCUT2D eigenvalue weighted by atomic mass is 9.49. The molecule has 5 heteroatoms. The maximum absolute atomic E-state index is 12.8. The Labute approximate surface area is 166 Å². The predicted octanol–water partition coefficient (Wildman–Crippen LogP) is 3.52. The number of rotatable bonds is 6. The molecule has 1 unspecified atom stereocenters. The molecule has 4 aliphatic carbocycles. The summed E-state index contributed by atoms with van der Waals surface area (Å²) >= 11 is 0. The molecule has 1 saturated heterocycles. The van der Waals surface area contributed by atoms with Crippen molar-refractivity contribution in [1.29, 1.82) is 0 Å². The highest BCUT2D eigenvalue weighted by atomic mass is 16.5. The fourth-order valence-corrected chi connectivity index (χ4v) is 6.90. The SMILES string of the molecule is COc1ccc(N2C(=O)CC(NCCC34CC5CC(CC(C5)C3)C4)C2=O)cc1. The zero-order valence-electron chi connectivity index (χ0n) is 16.7. The fourth-order valence-electron chi connectivity index (χ4n) is 6.90. The Hall–Kier alpha value is -1.88. The van der Waals surface area contributed by atoms with Crippen LogP contribution in [0.4, 0.5) is 5.69 Å². The highest BCUT2D eigenvalue weighted by Crippen LogP contribution is 2.61. The van der Waals surface area contributed by atoms with E-state index < -0.39 is 0 Å². The number of imide groups is 1. The van der Waals surface area contributed by atoms with Crippen LogP contribution < -0.4 is 15.0 Å². The summed E-state index contributed by atoms with van der Waals surface area (Å²) in [6, 6.07) is 6.72. The summed E-state index contributed by atoms with van der Waals surface area (Å²) in [6.07, 6.45) is 9.93. The minimum atomic E-state index is -0.386. The third kappa shape index (κ3) is 3.14. The average molecular weight is 383 g/mol. The molecule has 1 aromatic carbocycles. The van der Waals surface area contributed by atoms with Gasteiger partial charge in [0, 0.05) is 0 Å². The highest BCUT2D eigenvalue weighted by molar-refractivity contribution is 6.22. The van der Waals surface area contributed by atoms with Crippen LogP contribution >= 0.6 is 0 Å². The number of ether oxygens (including phenoxy) is 1. The van der Waals surface area contributed by atoms with Gasteiger partial charge in [-0.3, -0.25) is 9.59 Å². The molecule has 6 rings (SSSR count). The van der Waals surface area contributed by atoms with Crippen LogP contribution in [-0.2, 0) is 9.59 Å². The van der Waals surface area contributed by atoms with Gasteiger partial charge in [0.25, 0.3) is 5.91 Å². The number of methoxy groups -OCH3 is 1.